The summed E-state index contributed by atoms with van der Waals surface area (Å²) in [6.07, 6.45) is 8.37. The van der Waals surface area contributed by atoms with E-state index in [0.29, 0.717) is 0 Å². The molecule has 4 nitrogen and oxygen atoms in total. The van der Waals surface area contributed by atoms with Crippen LogP contribution in [-0.4, -0.2) is 28.1 Å². The third kappa shape index (κ3) is 2.48. The first-order valence-electron chi connectivity index (χ1n) is 6.24. The summed E-state index contributed by atoms with van der Waals surface area (Å²) in [6.45, 7) is 0.749. The van der Waals surface area contributed by atoms with Crippen molar-refractivity contribution in [1.29, 1.82) is 0 Å². The monoisotopic (exact) mass is 253 g/mol. The topological polar surface area (TPSA) is 39.4 Å². The van der Waals surface area contributed by atoms with Crippen LogP contribution in [0.4, 0.5) is 0 Å². The number of hydrogen-bond donors (Lipinski definition) is 0. The van der Waals surface area contributed by atoms with Crippen molar-refractivity contribution in [1.82, 2.24) is 14.4 Å². The van der Waals surface area contributed by atoms with Crippen molar-refractivity contribution in [3.05, 3.63) is 54.6 Å². The van der Waals surface area contributed by atoms with Crippen molar-refractivity contribution in [2.45, 2.75) is 6.42 Å². The van der Waals surface area contributed by atoms with Gasteiger partial charge in [-0.25, -0.2) is 4.98 Å². The van der Waals surface area contributed by atoms with Crippen LogP contribution in [0.25, 0.3) is 16.9 Å². The van der Waals surface area contributed by atoms with E-state index in [4.69, 9.17) is 4.74 Å². The zero-order valence-corrected chi connectivity index (χ0v) is 10.8. The number of fused-ring (bicyclic) bond motifs is 1. The maximum atomic E-state index is 5.08. The van der Waals surface area contributed by atoms with Crippen molar-refractivity contribution in [3.63, 3.8) is 0 Å². The average molecular weight is 253 g/mol. The summed E-state index contributed by atoms with van der Waals surface area (Å²) >= 11 is 0. The fraction of sp³-hybridized carbons (Fsp3) is 0.200. The van der Waals surface area contributed by atoms with Gasteiger partial charge in [0.1, 0.15) is 0 Å². The number of methoxy groups -OCH3 is 1. The maximum Gasteiger partial charge on any atom is 0.155 e. The van der Waals surface area contributed by atoms with Gasteiger partial charge in [-0.15, -0.1) is 0 Å². The minimum absolute atomic E-state index is 0.749. The third-order valence-corrected chi connectivity index (χ3v) is 3.11. The summed E-state index contributed by atoms with van der Waals surface area (Å²) in [4.78, 5) is 8.62. The Kier molecular flexibility index (Phi) is 3.25. The van der Waals surface area contributed by atoms with Crippen LogP contribution < -0.4 is 0 Å². The van der Waals surface area contributed by atoms with E-state index in [2.05, 4.69) is 34.2 Å². The van der Waals surface area contributed by atoms with Crippen LogP contribution in [0.3, 0.4) is 0 Å². The molecule has 0 aliphatic carbocycles. The van der Waals surface area contributed by atoms with Crippen molar-refractivity contribution in [2.24, 2.45) is 0 Å². The number of rotatable bonds is 4. The van der Waals surface area contributed by atoms with Gasteiger partial charge in [-0.3, -0.25) is 4.98 Å². The number of nitrogens with zero attached hydrogens (tertiary/aromatic N) is 3. The molecule has 96 valence electrons. The van der Waals surface area contributed by atoms with Crippen molar-refractivity contribution in [2.75, 3.05) is 13.7 Å². The minimum Gasteiger partial charge on any atom is -0.384 e. The minimum atomic E-state index is 0.749. The van der Waals surface area contributed by atoms with Crippen molar-refractivity contribution in [3.8, 4) is 11.3 Å². The van der Waals surface area contributed by atoms with E-state index >= 15 is 0 Å². The molecule has 0 aliphatic heterocycles. The molecular formula is C15H15N3O. The Morgan fingerprint density at radius 2 is 2.05 bits per heavy atom. The summed E-state index contributed by atoms with van der Waals surface area (Å²) in [7, 11) is 1.72. The molecule has 2 heterocycles. The van der Waals surface area contributed by atoms with Gasteiger partial charge in [0.05, 0.1) is 18.5 Å². The second kappa shape index (κ2) is 5.20. The summed E-state index contributed by atoms with van der Waals surface area (Å²) in [5.41, 5.74) is 4.22. The number of imidazole rings is 1. The van der Waals surface area contributed by atoms with E-state index < -0.39 is 0 Å². The Labute approximate surface area is 111 Å². The molecule has 4 heteroatoms. The smallest absolute Gasteiger partial charge is 0.155 e. The van der Waals surface area contributed by atoms with Gasteiger partial charge < -0.3 is 9.14 Å². The number of ether oxygens (including phenoxy) is 1. The molecule has 3 rings (SSSR count). The predicted octanol–water partition coefficient (Wildman–Crippen LogP) is 2.59. The van der Waals surface area contributed by atoms with Gasteiger partial charge in [-0.1, -0.05) is 24.3 Å². The summed E-state index contributed by atoms with van der Waals surface area (Å²) in [5.74, 6) is 0. The molecule has 2 aromatic heterocycles. The van der Waals surface area contributed by atoms with E-state index in [1.165, 1.54) is 5.56 Å². The lowest BCUT2D eigenvalue weighted by atomic mass is 10.1. The SMILES string of the molecule is COCCc1ccc(-c2cn3ccncc3n2)cc1. The van der Waals surface area contributed by atoms with Crippen LogP contribution in [0.2, 0.25) is 0 Å². The molecule has 0 unspecified atom stereocenters. The molecule has 3 aromatic rings. The Bertz CT molecular complexity index is 640. The second-order valence-corrected chi connectivity index (χ2v) is 4.41. The zero-order valence-electron chi connectivity index (χ0n) is 10.8. The molecule has 0 aliphatic rings. The Morgan fingerprint density at radius 1 is 1.21 bits per heavy atom. The molecule has 0 radical (unpaired) electrons. The molecule has 19 heavy (non-hydrogen) atoms. The van der Waals surface area contributed by atoms with Crippen LogP contribution in [-0.2, 0) is 11.2 Å². The molecule has 0 amide bonds. The van der Waals surface area contributed by atoms with E-state index in [-0.39, 0.29) is 0 Å². The van der Waals surface area contributed by atoms with Crippen molar-refractivity contribution < 1.29 is 4.74 Å². The summed E-state index contributed by atoms with van der Waals surface area (Å²) in [5, 5.41) is 0. The predicted molar refractivity (Wildman–Crippen MR) is 74.0 cm³/mol. The fourth-order valence-electron chi connectivity index (χ4n) is 2.04. The van der Waals surface area contributed by atoms with Crippen molar-refractivity contribution >= 4 is 5.65 Å². The maximum absolute atomic E-state index is 5.08. The van der Waals surface area contributed by atoms with Gasteiger partial charge in [0, 0.05) is 31.3 Å². The van der Waals surface area contributed by atoms with Gasteiger partial charge in [-0.05, 0) is 12.0 Å². The Morgan fingerprint density at radius 3 is 2.79 bits per heavy atom. The molecule has 0 atom stereocenters. The molecule has 1 aromatic carbocycles. The van der Waals surface area contributed by atoms with Crippen LogP contribution in [0.1, 0.15) is 5.56 Å². The quantitative estimate of drug-likeness (QED) is 0.717. The standard InChI is InChI=1S/C15H15N3O/c1-19-9-6-12-2-4-13(5-3-12)14-11-18-8-7-16-10-15(18)17-14/h2-5,7-8,10-11H,6,9H2,1H3. The molecule has 0 saturated carbocycles. The van der Waals surface area contributed by atoms with Crippen LogP contribution >= 0.6 is 0 Å². The molecule has 0 spiro atoms. The number of aromatic nitrogens is 3. The van der Waals surface area contributed by atoms with Crippen LogP contribution in [0.15, 0.2) is 49.1 Å². The average Bonchev–Trinajstić information content (AvgIpc) is 2.89. The molecule has 0 bridgehead atoms. The lowest BCUT2D eigenvalue weighted by Gasteiger charge is -2.01. The number of hydrogen-bond acceptors (Lipinski definition) is 3. The summed E-state index contributed by atoms with van der Waals surface area (Å²) in [6, 6.07) is 8.44. The first-order chi connectivity index (χ1) is 9.36. The zero-order chi connectivity index (χ0) is 13.1. The van der Waals surface area contributed by atoms with Gasteiger partial charge in [0.25, 0.3) is 0 Å². The lowest BCUT2D eigenvalue weighted by Crippen LogP contribution is -1.93. The van der Waals surface area contributed by atoms with E-state index in [1.807, 2.05) is 16.8 Å². The largest absolute Gasteiger partial charge is 0.384 e. The molecule has 0 fully saturated rings. The van der Waals surface area contributed by atoms with Gasteiger partial charge in [0.15, 0.2) is 5.65 Å². The Balaban J connectivity index is 1.88. The third-order valence-electron chi connectivity index (χ3n) is 3.11. The normalized spacial score (nSPS) is 11.0. The highest BCUT2D eigenvalue weighted by Gasteiger charge is 2.04. The highest BCUT2D eigenvalue weighted by Crippen LogP contribution is 2.19. The first kappa shape index (κ1) is 11.9. The van der Waals surface area contributed by atoms with E-state index in [0.717, 1.165) is 29.9 Å². The van der Waals surface area contributed by atoms with E-state index in [1.54, 1.807) is 19.5 Å². The molecular weight excluding hydrogens is 238 g/mol. The van der Waals surface area contributed by atoms with Gasteiger partial charge >= 0.3 is 0 Å². The summed E-state index contributed by atoms with van der Waals surface area (Å²) < 4.78 is 7.05. The van der Waals surface area contributed by atoms with Gasteiger partial charge in [0.2, 0.25) is 0 Å². The Hall–Kier alpha value is -2.20. The van der Waals surface area contributed by atoms with Gasteiger partial charge in [-0.2, -0.15) is 0 Å². The highest BCUT2D eigenvalue weighted by molar-refractivity contribution is 5.62. The highest BCUT2D eigenvalue weighted by atomic mass is 16.5. The van der Waals surface area contributed by atoms with Crippen LogP contribution in [0, 0.1) is 0 Å². The first-order valence-corrected chi connectivity index (χ1v) is 6.24. The van der Waals surface area contributed by atoms with Crippen LogP contribution in [0.5, 0.6) is 0 Å². The second-order valence-electron chi connectivity index (χ2n) is 4.41. The molecule has 0 N–H and O–H groups in total. The van der Waals surface area contributed by atoms with E-state index in [9.17, 15) is 0 Å². The number of benzene rings is 1. The molecule has 0 saturated heterocycles. The fourth-order valence-corrected chi connectivity index (χ4v) is 2.04. The lowest BCUT2D eigenvalue weighted by molar-refractivity contribution is 0.202.